The summed E-state index contributed by atoms with van der Waals surface area (Å²) in [6, 6.07) is 12.5. The number of aliphatic carboxylic acids is 1. The predicted octanol–water partition coefficient (Wildman–Crippen LogP) is 5.07. The largest absolute Gasteiger partial charge is 0.573 e. The predicted molar refractivity (Wildman–Crippen MR) is 137 cm³/mol. The summed E-state index contributed by atoms with van der Waals surface area (Å²) in [6.07, 6.45) is -7.54. The van der Waals surface area contributed by atoms with Gasteiger partial charge in [-0.05, 0) is 43.2 Å². The van der Waals surface area contributed by atoms with Crippen molar-refractivity contribution in [2.24, 2.45) is 0 Å². The monoisotopic (exact) mass is 587 g/mol. The SMILES string of the molecule is COc1ccc(OC(F)(F)F)cc1CN1CCN(c2nc3ccccc3nc2NC2CC2)CC1.O=C(O)C(F)(F)F. The normalized spacial score (nSPS) is 16.1. The van der Waals surface area contributed by atoms with Crippen LogP contribution < -0.4 is 19.7 Å². The third-order valence-electron chi connectivity index (χ3n) is 6.26. The number of benzene rings is 2. The smallest absolute Gasteiger partial charge is 0.496 e. The molecular formula is C26H27F6N5O4. The number of carboxylic acids is 1. The Kier molecular flexibility index (Phi) is 8.95. The van der Waals surface area contributed by atoms with Gasteiger partial charge in [0.25, 0.3) is 0 Å². The molecule has 2 fully saturated rings. The third kappa shape index (κ3) is 8.49. The summed E-state index contributed by atoms with van der Waals surface area (Å²) in [4.78, 5) is 23.0. The zero-order chi connectivity index (χ0) is 29.8. The van der Waals surface area contributed by atoms with Crippen LogP contribution in [0, 0.1) is 0 Å². The number of fused-ring (bicyclic) bond motifs is 1. The van der Waals surface area contributed by atoms with E-state index in [-0.39, 0.29) is 5.75 Å². The van der Waals surface area contributed by atoms with E-state index >= 15 is 0 Å². The van der Waals surface area contributed by atoms with Crippen LogP contribution >= 0.6 is 0 Å². The number of aromatic nitrogens is 2. The summed E-state index contributed by atoms with van der Waals surface area (Å²) in [7, 11) is 1.51. The van der Waals surface area contributed by atoms with Gasteiger partial charge in [-0.1, -0.05) is 12.1 Å². The van der Waals surface area contributed by atoms with Gasteiger partial charge in [0.05, 0.1) is 18.1 Å². The van der Waals surface area contributed by atoms with E-state index in [1.54, 1.807) is 0 Å². The number of rotatable bonds is 7. The number of carboxylic acid groups (broad SMARTS) is 1. The molecule has 1 aromatic heterocycles. The molecule has 0 bridgehead atoms. The molecule has 2 aromatic carbocycles. The van der Waals surface area contributed by atoms with Gasteiger partial charge in [-0.15, -0.1) is 13.2 Å². The molecule has 3 aromatic rings. The van der Waals surface area contributed by atoms with E-state index in [0.29, 0.717) is 23.9 Å². The Hall–Kier alpha value is -4.01. The second kappa shape index (κ2) is 12.2. The molecule has 0 amide bonds. The fraction of sp³-hybridized carbons (Fsp3) is 0.423. The molecule has 15 heteroatoms. The van der Waals surface area contributed by atoms with Gasteiger partial charge in [0.1, 0.15) is 11.5 Å². The average Bonchev–Trinajstić information content (AvgIpc) is 3.72. The maximum Gasteiger partial charge on any atom is 0.573 e. The summed E-state index contributed by atoms with van der Waals surface area (Å²) in [5.41, 5.74) is 2.37. The first kappa shape index (κ1) is 30.0. The summed E-state index contributed by atoms with van der Waals surface area (Å²) < 4.78 is 79.1. The number of piperazine rings is 1. The first-order valence-corrected chi connectivity index (χ1v) is 12.6. The minimum Gasteiger partial charge on any atom is -0.496 e. The number of carbonyl (C=O) groups is 1. The zero-order valence-electron chi connectivity index (χ0n) is 21.8. The number of nitrogens with zero attached hydrogens (tertiary/aromatic N) is 4. The van der Waals surface area contributed by atoms with Gasteiger partial charge in [-0.25, -0.2) is 14.8 Å². The van der Waals surface area contributed by atoms with Crippen molar-refractivity contribution in [3.8, 4) is 11.5 Å². The molecule has 41 heavy (non-hydrogen) atoms. The molecule has 9 nitrogen and oxygen atoms in total. The number of para-hydroxylation sites is 2. The van der Waals surface area contributed by atoms with Crippen molar-refractivity contribution in [3.63, 3.8) is 0 Å². The zero-order valence-corrected chi connectivity index (χ0v) is 21.8. The fourth-order valence-electron chi connectivity index (χ4n) is 4.16. The Morgan fingerprint density at radius 1 is 1.00 bits per heavy atom. The van der Waals surface area contributed by atoms with E-state index in [4.69, 9.17) is 24.6 Å². The molecule has 0 atom stereocenters. The molecule has 2 heterocycles. The molecule has 5 rings (SSSR count). The highest BCUT2D eigenvalue weighted by Crippen LogP contribution is 2.32. The van der Waals surface area contributed by atoms with Crippen LogP contribution in [0.25, 0.3) is 11.0 Å². The lowest BCUT2D eigenvalue weighted by Crippen LogP contribution is -2.46. The maximum atomic E-state index is 12.6. The van der Waals surface area contributed by atoms with Crippen LogP contribution in [0.5, 0.6) is 11.5 Å². The van der Waals surface area contributed by atoms with Gasteiger partial charge in [-0.2, -0.15) is 13.2 Å². The topological polar surface area (TPSA) is 100 Å². The van der Waals surface area contributed by atoms with Crippen molar-refractivity contribution in [1.29, 1.82) is 0 Å². The van der Waals surface area contributed by atoms with Crippen LogP contribution in [-0.4, -0.2) is 77.8 Å². The van der Waals surface area contributed by atoms with Crippen LogP contribution in [-0.2, 0) is 11.3 Å². The highest BCUT2D eigenvalue weighted by Gasteiger charge is 2.38. The molecule has 1 aliphatic heterocycles. The van der Waals surface area contributed by atoms with Crippen molar-refractivity contribution in [2.45, 2.75) is 38.0 Å². The molecule has 2 aliphatic rings. The Balaban J connectivity index is 0.000000493. The number of halogens is 6. The second-order valence-corrected chi connectivity index (χ2v) is 9.39. The number of hydrogen-bond acceptors (Lipinski definition) is 8. The molecule has 0 radical (unpaired) electrons. The van der Waals surface area contributed by atoms with E-state index in [1.165, 1.54) is 25.3 Å². The maximum absolute atomic E-state index is 12.6. The second-order valence-electron chi connectivity index (χ2n) is 9.39. The molecule has 1 aliphatic carbocycles. The van der Waals surface area contributed by atoms with Gasteiger partial charge in [0.15, 0.2) is 11.6 Å². The number of hydrogen-bond donors (Lipinski definition) is 2. The van der Waals surface area contributed by atoms with Crippen molar-refractivity contribution < 1.29 is 45.7 Å². The van der Waals surface area contributed by atoms with Crippen molar-refractivity contribution in [1.82, 2.24) is 14.9 Å². The van der Waals surface area contributed by atoms with Gasteiger partial charge in [0, 0.05) is 44.3 Å². The lowest BCUT2D eigenvalue weighted by atomic mass is 10.1. The first-order valence-electron chi connectivity index (χ1n) is 12.6. The van der Waals surface area contributed by atoms with Crippen molar-refractivity contribution >= 4 is 28.6 Å². The Labute approximate surface area is 230 Å². The molecule has 222 valence electrons. The van der Waals surface area contributed by atoms with E-state index < -0.39 is 18.5 Å². The average molecular weight is 588 g/mol. The number of anilines is 2. The van der Waals surface area contributed by atoms with Crippen LogP contribution in [0.3, 0.4) is 0 Å². The quantitative estimate of drug-likeness (QED) is 0.367. The Morgan fingerprint density at radius 3 is 2.15 bits per heavy atom. The highest BCUT2D eigenvalue weighted by molar-refractivity contribution is 5.80. The highest BCUT2D eigenvalue weighted by atomic mass is 19.4. The molecule has 2 N–H and O–H groups in total. The van der Waals surface area contributed by atoms with Gasteiger partial charge >= 0.3 is 18.5 Å². The summed E-state index contributed by atoms with van der Waals surface area (Å²) in [6.45, 7) is 3.37. The first-order chi connectivity index (χ1) is 19.3. The minimum absolute atomic E-state index is 0.246. The van der Waals surface area contributed by atoms with E-state index in [9.17, 15) is 26.3 Å². The molecule has 1 saturated carbocycles. The Bertz CT molecular complexity index is 1360. The van der Waals surface area contributed by atoms with Crippen LogP contribution in [0.15, 0.2) is 42.5 Å². The number of methoxy groups -OCH3 is 1. The molecule has 1 saturated heterocycles. The molecular weight excluding hydrogens is 560 g/mol. The fourth-order valence-corrected chi connectivity index (χ4v) is 4.16. The van der Waals surface area contributed by atoms with Crippen LogP contribution in [0.4, 0.5) is 38.0 Å². The van der Waals surface area contributed by atoms with Gasteiger partial charge in [-0.3, -0.25) is 4.90 Å². The lowest BCUT2D eigenvalue weighted by Gasteiger charge is -2.36. The Morgan fingerprint density at radius 2 is 1.61 bits per heavy atom. The van der Waals surface area contributed by atoms with E-state index in [1.807, 2.05) is 24.3 Å². The number of nitrogens with one attached hydrogen (secondary N) is 1. The van der Waals surface area contributed by atoms with Crippen LogP contribution in [0.2, 0.25) is 0 Å². The number of ether oxygens (including phenoxy) is 2. The summed E-state index contributed by atoms with van der Waals surface area (Å²) in [5.74, 6) is -0.804. The lowest BCUT2D eigenvalue weighted by molar-refractivity contribution is -0.274. The van der Waals surface area contributed by atoms with Crippen LogP contribution in [0.1, 0.15) is 18.4 Å². The van der Waals surface area contributed by atoms with Crippen molar-refractivity contribution in [2.75, 3.05) is 43.5 Å². The van der Waals surface area contributed by atoms with Gasteiger partial charge < -0.3 is 24.8 Å². The molecule has 0 unspecified atom stereocenters. The van der Waals surface area contributed by atoms with E-state index in [2.05, 4.69) is 19.9 Å². The van der Waals surface area contributed by atoms with Gasteiger partial charge in [0.2, 0.25) is 0 Å². The summed E-state index contributed by atoms with van der Waals surface area (Å²) >= 11 is 0. The minimum atomic E-state index is -5.08. The third-order valence-corrected chi connectivity index (χ3v) is 6.26. The molecule has 0 spiro atoms. The summed E-state index contributed by atoms with van der Waals surface area (Å²) in [5, 5.41) is 10.6. The number of alkyl halides is 6. The standard InChI is InChI=1S/C24H26F3N5O2.C2HF3O2/c1-33-21-9-8-18(34-24(25,26)27)14-16(21)15-31-10-12-32(13-11-31)23-22(28-17-6-7-17)29-19-4-2-3-5-20(19)30-23;3-2(4,5)1(6)7/h2-5,8-9,14,17H,6-7,10-13,15H2,1H3,(H,28,29);(H,6,7). The van der Waals surface area contributed by atoms with Crippen molar-refractivity contribution in [3.05, 3.63) is 48.0 Å². The van der Waals surface area contributed by atoms with E-state index in [0.717, 1.165) is 61.7 Å².